The van der Waals surface area contributed by atoms with Crippen LogP contribution in [0.3, 0.4) is 0 Å². The zero-order valence-corrected chi connectivity index (χ0v) is 14.1. The number of anilines is 1. The molecule has 0 radical (unpaired) electrons. The minimum atomic E-state index is -0.469. The molecule has 0 saturated carbocycles. The first-order chi connectivity index (χ1) is 11.6. The van der Waals surface area contributed by atoms with E-state index in [0.717, 1.165) is 5.69 Å². The smallest absolute Gasteiger partial charge is 0.273 e. The third kappa shape index (κ3) is 3.12. The molecular formula is C18H18ClN3O2. The molecule has 24 heavy (non-hydrogen) atoms. The van der Waals surface area contributed by atoms with Gasteiger partial charge in [0.15, 0.2) is 0 Å². The van der Waals surface area contributed by atoms with Crippen LogP contribution in [0, 0.1) is 0 Å². The number of pyridine rings is 1. The molecule has 1 atom stereocenters. The van der Waals surface area contributed by atoms with Gasteiger partial charge in [-0.25, -0.2) is 4.98 Å². The van der Waals surface area contributed by atoms with E-state index in [1.54, 1.807) is 28.0 Å². The first kappa shape index (κ1) is 16.5. The number of benzene rings is 1. The summed E-state index contributed by atoms with van der Waals surface area (Å²) < 4.78 is 0. The fraction of sp³-hybridized carbons (Fsp3) is 0.278. The lowest BCUT2D eigenvalue weighted by Crippen LogP contribution is -2.45. The Hall–Kier alpha value is -2.40. The van der Waals surface area contributed by atoms with E-state index in [1.807, 2.05) is 37.3 Å². The minimum absolute atomic E-state index is 0.0570. The van der Waals surface area contributed by atoms with Crippen LogP contribution in [-0.4, -0.2) is 40.8 Å². The molecule has 2 amide bonds. The number of likely N-dealkylation sites (N-methyl/N-ethyl adjacent to an activating group) is 1. The number of hydrogen-bond donors (Lipinski definition) is 0. The summed E-state index contributed by atoms with van der Waals surface area (Å²) in [6.45, 7) is 2.90. The predicted molar refractivity (Wildman–Crippen MR) is 93.2 cm³/mol. The van der Waals surface area contributed by atoms with Crippen LogP contribution in [0.15, 0.2) is 48.5 Å². The van der Waals surface area contributed by atoms with Crippen LogP contribution in [0.5, 0.6) is 0 Å². The molecule has 1 aliphatic rings. The third-order valence-corrected chi connectivity index (χ3v) is 4.37. The zero-order chi connectivity index (χ0) is 17.1. The molecule has 3 rings (SSSR count). The number of para-hydroxylation sites is 1. The first-order valence-electron chi connectivity index (χ1n) is 7.91. The van der Waals surface area contributed by atoms with Crippen molar-refractivity contribution in [2.75, 3.05) is 18.0 Å². The van der Waals surface area contributed by atoms with Crippen LogP contribution < -0.4 is 4.90 Å². The number of carbonyl (C=O) groups excluding carboxylic acids is 2. The first-order valence-corrected chi connectivity index (χ1v) is 8.29. The summed E-state index contributed by atoms with van der Waals surface area (Å²) in [5.41, 5.74) is 1.12. The largest absolute Gasteiger partial charge is 0.325 e. The molecular weight excluding hydrogens is 326 g/mol. The van der Waals surface area contributed by atoms with Crippen molar-refractivity contribution in [3.8, 4) is 0 Å². The highest BCUT2D eigenvalue weighted by Crippen LogP contribution is 2.25. The Morgan fingerprint density at radius 3 is 2.67 bits per heavy atom. The van der Waals surface area contributed by atoms with Gasteiger partial charge in [-0.3, -0.25) is 9.59 Å². The van der Waals surface area contributed by atoms with Crippen molar-refractivity contribution in [2.45, 2.75) is 19.4 Å². The molecule has 124 valence electrons. The van der Waals surface area contributed by atoms with Gasteiger partial charge in [0.25, 0.3) is 5.91 Å². The van der Waals surface area contributed by atoms with E-state index in [9.17, 15) is 9.59 Å². The lowest BCUT2D eigenvalue weighted by atomic mass is 10.2. The summed E-state index contributed by atoms with van der Waals surface area (Å²) in [5, 5.41) is 0.264. The number of rotatable bonds is 4. The van der Waals surface area contributed by atoms with Gasteiger partial charge < -0.3 is 9.80 Å². The lowest BCUT2D eigenvalue weighted by Gasteiger charge is -2.26. The second kappa shape index (κ2) is 7.01. The van der Waals surface area contributed by atoms with Crippen LogP contribution in [0.25, 0.3) is 0 Å². The quantitative estimate of drug-likeness (QED) is 0.802. The van der Waals surface area contributed by atoms with E-state index in [-0.39, 0.29) is 22.7 Å². The number of amides is 2. The molecule has 1 aliphatic heterocycles. The van der Waals surface area contributed by atoms with Crippen LogP contribution in [-0.2, 0) is 4.79 Å². The molecule has 6 heteroatoms. The summed E-state index contributed by atoms with van der Waals surface area (Å²) >= 11 is 5.87. The fourth-order valence-corrected chi connectivity index (χ4v) is 3.16. The topological polar surface area (TPSA) is 53.5 Å². The SMILES string of the molecule is CCN(C(=O)c1cccc(Cl)n1)[C@H]1CCN(c2ccccc2)C1=O. The molecule has 0 N–H and O–H groups in total. The summed E-state index contributed by atoms with van der Waals surface area (Å²) in [6, 6.07) is 14.0. The third-order valence-electron chi connectivity index (χ3n) is 4.16. The van der Waals surface area contributed by atoms with Gasteiger partial charge in [0.1, 0.15) is 16.9 Å². The van der Waals surface area contributed by atoms with Gasteiger partial charge in [-0.2, -0.15) is 0 Å². The summed E-state index contributed by atoms with van der Waals surface area (Å²) in [7, 11) is 0. The van der Waals surface area contributed by atoms with Crippen molar-refractivity contribution >= 4 is 29.1 Å². The number of hydrogen-bond acceptors (Lipinski definition) is 3. The van der Waals surface area contributed by atoms with E-state index in [4.69, 9.17) is 11.6 Å². The van der Waals surface area contributed by atoms with E-state index >= 15 is 0 Å². The minimum Gasteiger partial charge on any atom is -0.325 e. The predicted octanol–water partition coefficient (Wildman–Crippen LogP) is 3.00. The van der Waals surface area contributed by atoms with E-state index in [0.29, 0.717) is 19.5 Å². The molecule has 0 bridgehead atoms. The summed E-state index contributed by atoms with van der Waals surface area (Å²) in [4.78, 5) is 32.9. The summed E-state index contributed by atoms with van der Waals surface area (Å²) in [6.07, 6.45) is 0.605. The highest BCUT2D eigenvalue weighted by atomic mass is 35.5. The normalized spacial score (nSPS) is 17.2. The second-order valence-corrected chi connectivity index (χ2v) is 5.95. The van der Waals surface area contributed by atoms with Crippen LogP contribution in [0.2, 0.25) is 5.15 Å². The van der Waals surface area contributed by atoms with Gasteiger partial charge in [-0.1, -0.05) is 35.9 Å². The van der Waals surface area contributed by atoms with Gasteiger partial charge >= 0.3 is 0 Å². The average molecular weight is 344 g/mol. The molecule has 1 fully saturated rings. The van der Waals surface area contributed by atoms with Crippen LogP contribution >= 0.6 is 11.6 Å². The van der Waals surface area contributed by atoms with Crippen molar-refractivity contribution in [3.05, 3.63) is 59.4 Å². The van der Waals surface area contributed by atoms with Gasteiger partial charge in [0.2, 0.25) is 5.91 Å². The zero-order valence-electron chi connectivity index (χ0n) is 13.4. The van der Waals surface area contributed by atoms with E-state index in [1.165, 1.54) is 0 Å². The van der Waals surface area contributed by atoms with Crippen molar-refractivity contribution in [3.63, 3.8) is 0 Å². The Balaban J connectivity index is 1.82. The average Bonchev–Trinajstić information content (AvgIpc) is 2.98. The molecule has 2 heterocycles. The Bertz CT molecular complexity index is 751. The van der Waals surface area contributed by atoms with Crippen molar-refractivity contribution in [2.24, 2.45) is 0 Å². The van der Waals surface area contributed by atoms with Crippen molar-refractivity contribution in [1.29, 1.82) is 0 Å². The number of nitrogens with zero attached hydrogens (tertiary/aromatic N) is 3. The summed E-state index contributed by atoms with van der Waals surface area (Å²) in [5.74, 6) is -0.327. The van der Waals surface area contributed by atoms with Crippen molar-refractivity contribution < 1.29 is 9.59 Å². The van der Waals surface area contributed by atoms with Gasteiger partial charge in [-0.15, -0.1) is 0 Å². The molecule has 0 aliphatic carbocycles. The lowest BCUT2D eigenvalue weighted by molar-refractivity contribution is -0.120. The van der Waals surface area contributed by atoms with Crippen LogP contribution in [0.4, 0.5) is 5.69 Å². The van der Waals surface area contributed by atoms with Crippen molar-refractivity contribution in [1.82, 2.24) is 9.88 Å². The van der Waals surface area contributed by atoms with E-state index < -0.39 is 6.04 Å². The fourth-order valence-electron chi connectivity index (χ4n) is 3.00. The molecule has 0 unspecified atom stereocenters. The second-order valence-electron chi connectivity index (χ2n) is 5.57. The Morgan fingerprint density at radius 2 is 2.00 bits per heavy atom. The Morgan fingerprint density at radius 1 is 1.25 bits per heavy atom. The molecule has 2 aromatic rings. The maximum Gasteiger partial charge on any atom is 0.273 e. The molecule has 1 aromatic carbocycles. The van der Waals surface area contributed by atoms with Gasteiger partial charge in [0.05, 0.1) is 0 Å². The monoisotopic (exact) mass is 343 g/mol. The number of halogens is 1. The Labute approximate surface area is 145 Å². The molecule has 5 nitrogen and oxygen atoms in total. The molecule has 1 saturated heterocycles. The number of aromatic nitrogens is 1. The van der Waals surface area contributed by atoms with Gasteiger partial charge in [0, 0.05) is 18.8 Å². The van der Waals surface area contributed by atoms with Gasteiger partial charge in [-0.05, 0) is 37.6 Å². The maximum atomic E-state index is 12.8. The number of carbonyl (C=O) groups is 2. The standard InChI is InChI=1S/C18H18ClN3O2/c1-2-21(17(23)14-9-6-10-16(19)20-14)15-11-12-22(18(15)24)13-7-4-3-5-8-13/h3-10,15H,2,11-12H2,1H3/t15-/m0/s1. The molecule has 1 aromatic heterocycles. The maximum absolute atomic E-state index is 12.8. The molecule has 0 spiro atoms. The van der Waals surface area contributed by atoms with Crippen LogP contribution in [0.1, 0.15) is 23.8 Å². The highest BCUT2D eigenvalue weighted by molar-refractivity contribution is 6.29. The highest BCUT2D eigenvalue weighted by Gasteiger charge is 2.38. The van der Waals surface area contributed by atoms with E-state index in [2.05, 4.69) is 4.98 Å². The Kier molecular flexibility index (Phi) is 4.81.